The van der Waals surface area contributed by atoms with Gasteiger partial charge in [0.15, 0.2) is 5.17 Å². The second kappa shape index (κ2) is 7.09. The van der Waals surface area contributed by atoms with Crippen LogP contribution in [0.25, 0.3) is 17.3 Å². The standard InChI is InChI=1S/C19H20N4O2S/c1-12-10-23(11-13(2)25-12)19-21-18(24)16(26-19)8-15-9-20-22-17(15)14-6-4-3-5-7-14/h3-9,12-13H,10-11H2,1-2H3,(H,20,22). The number of nitrogens with zero attached hydrogens (tertiary/aromatic N) is 3. The molecule has 1 aromatic heterocycles. The first-order valence-corrected chi connectivity index (χ1v) is 9.43. The van der Waals surface area contributed by atoms with Crippen LogP contribution in [0.4, 0.5) is 0 Å². The average Bonchev–Trinajstić information content (AvgIpc) is 3.22. The lowest BCUT2D eigenvalue weighted by molar-refractivity contribution is -0.113. The summed E-state index contributed by atoms with van der Waals surface area (Å²) in [5.41, 5.74) is 2.81. The zero-order chi connectivity index (χ0) is 18.1. The summed E-state index contributed by atoms with van der Waals surface area (Å²) in [5, 5.41) is 7.91. The number of hydrogen-bond acceptors (Lipinski definition) is 5. The summed E-state index contributed by atoms with van der Waals surface area (Å²) >= 11 is 1.42. The number of carbonyl (C=O) groups excluding carboxylic acids is 1. The van der Waals surface area contributed by atoms with E-state index in [1.165, 1.54) is 11.8 Å². The van der Waals surface area contributed by atoms with Crippen molar-refractivity contribution in [3.63, 3.8) is 0 Å². The van der Waals surface area contributed by atoms with Gasteiger partial charge in [-0.25, -0.2) is 0 Å². The molecular formula is C19H20N4O2S. The lowest BCUT2D eigenvalue weighted by atomic mass is 10.1. The molecule has 2 unspecified atom stereocenters. The highest BCUT2D eigenvalue weighted by atomic mass is 32.2. The van der Waals surface area contributed by atoms with E-state index in [1.807, 2.05) is 50.3 Å². The van der Waals surface area contributed by atoms with Crippen LogP contribution in [0.2, 0.25) is 0 Å². The molecule has 1 amide bonds. The quantitative estimate of drug-likeness (QED) is 0.825. The van der Waals surface area contributed by atoms with Gasteiger partial charge in [-0.15, -0.1) is 0 Å². The van der Waals surface area contributed by atoms with Gasteiger partial charge in [-0.05, 0) is 31.7 Å². The number of nitrogens with one attached hydrogen (secondary N) is 1. The van der Waals surface area contributed by atoms with Crippen molar-refractivity contribution < 1.29 is 9.53 Å². The van der Waals surface area contributed by atoms with Gasteiger partial charge in [-0.2, -0.15) is 10.1 Å². The first-order chi connectivity index (χ1) is 12.6. The Balaban J connectivity index is 1.56. The highest BCUT2D eigenvalue weighted by molar-refractivity contribution is 8.18. The van der Waals surface area contributed by atoms with Crippen molar-refractivity contribution in [2.45, 2.75) is 26.1 Å². The SMILES string of the molecule is CC1CN(C2=NC(=O)C(=Cc3cn[nH]c3-c3ccccc3)S2)CC(C)O1. The number of thioether (sulfide) groups is 1. The number of aliphatic imine (C=N–C) groups is 1. The monoisotopic (exact) mass is 368 g/mol. The van der Waals surface area contributed by atoms with E-state index in [-0.39, 0.29) is 18.1 Å². The Morgan fingerprint density at radius 3 is 2.69 bits per heavy atom. The van der Waals surface area contributed by atoms with Crippen molar-refractivity contribution in [1.82, 2.24) is 15.1 Å². The summed E-state index contributed by atoms with van der Waals surface area (Å²) in [6, 6.07) is 9.95. The smallest absolute Gasteiger partial charge is 0.286 e. The molecule has 6 nitrogen and oxygen atoms in total. The fourth-order valence-electron chi connectivity index (χ4n) is 3.25. The van der Waals surface area contributed by atoms with E-state index < -0.39 is 0 Å². The topological polar surface area (TPSA) is 70.6 Å². The van der Waals surface area contributed by atoms with E-state index in [0.29, 0.717) is 4.91 Å². The van der Waals surface area contributed by atoms with Crippen molar-refractivity contribution in [2.75, 3.05) is 13.1 Å². The van der Waals surface area contributed by atoms with Gasteiger partial charge in [0, 0.05) is 24.2 Å². The lowest BCUT2D eigenvalue weighted by Crippen LogP contribution is -2.47. The molecule has 1 N–H and O–H groups in total. The van der Waals surface area contributed by atoms with Crippen LogP contribution in [0.3, 0.4) is 0 Å². The average molecular weight is 368 g/mol. The molecule has 0 saturated carbocycles. The van der Waals surface area contributed by atoms with Crippen LogP contribution >= 0.6 is 11.8 Å². The molecule has 2 aromatic rings. The van der Waals surface area contributed by atoms with Crippen LogP contribution < -0.4 is 0 Å². The van der Waals surface area contributed by atoms with Gasteiger partial charge in [0.05, 0.1) is 29.0 Å². The van der Waals surface area contributed by atoms with E-state index >= 15 is 0 Å². The summed E-state index contributed by atoms with van der Waals surface area (Å²) in [4.78, 5) is 19.4. The molecule has 0 radical (unpaired) electrons. The number of aromatic amines is 1. The highest BCUT2D eigenvalue weighted by Crippen LogP contribution is 2.33. The fraction of sp³-hybridized carbons (Fsp3) is 0.316. The minimum Gasteiger partial charge on any atom is -0.372 e. The Morgan fingerprint density at radius 2 is 1.96 bits per heavy atom. The maximum atomic E-state index is 12.4. The number of benzene rings is 1. The number of rotatable bonds is 2. The third kappa shape index (κ3) is 3.45. The molecule has 4 rings (SSSR count). The molecule has 2 atom stereocenters. The highest BCUT2D eigenvalue weighted by Gasteiger charge is 2.31. The second-order valence-electron chi connectivity index (χ2n) is 6.54. The van der Waals surface area contributed by atoms with E-state index in [0.717, 1.165) is 35.1 Å². The zero-order valence-electron chi connectivity index (χ0n) is 14.7. The minimum atomic E-state index is -0.197. The summed E-state index contributed by atoms with van der Waals surface area (Å²) in [7, 11) is 0. The van der Waals surface area contributed by atoms with Crippen LogP contribution in [0.5, 0.6) is 0 Å². The number of amidine groups is 1. The predicted octanol–water partition coefficient (Wildman–Crippen LogP) is 3.16. The molecule has 134 valence electrons. The summed E-state index contributed by atoms with van der Waals surface area (Å²) in [5.74, 6) is -0.197. The fourth-order valence-corrected chi connectivity index (χ4v) is 4.17. The number of hydrogen-bond donors (Lipinski definition) is 1. The van der Waals surface area contributed by atoms with E-state index in [2.05, 4.69) is 20.1 Å². The molecule has 0 spiro atoms. The molecule has 26 heavy (non-hydrogen) atoms. The summed E-state index contributed by atoms with van der Waals surface area (Å²) < 4.78 is 5.76. The minimum absolute atomic E-state index is 0.128. The number of H-pyrrole nitrogens is 1. The maximum Gasteiger partial charge on any atom is 0.286 e. The second-order valence-corrected chi connectivity index (χ2v) is 7.55. The summed E-state index contributed by atoms with van der Waals surface area (Å²) in [6.07, 6.45) is 3.86. The van der Waals surface area contributed by atoms with Crippen LogP contribution in [-0.2, 0) is 9.53 Å². The van der Waals surface area contributed by atoms with Gasteiger partial charge < -0.3 is 9.64 Å². The molecule has 7 heteroatoms. The molecule has 0 bridgehead atoms. The van der Waals surface area contributed by atoms with Crippen molar-refractivity contribution in [3.8, 4) is 11.3 Å². The van der Waals surface area contributed by atoms with Crippen LogP contribution in [0.15, 0.2) is 46.4 Å². The van der Waals surface area contributed by atoms with E-state index in [4.69, 9.17) is 4.74 Å². The molecule has 1 fully saturated rings. The largest absolute Gasteiger partial charge is 0.372 e. The third-order valence-electron chi connectivity index (χ3n) is 4.32. The van der Waals surface area contributed by atoms with Crippen molar-refractivity contribution in [1.29, 1.82) is 0 Å². The Hall–Kier alpha value is -2.38. The van der Waals surface area contributed by atoms with Gasteiger partial charge in [0.1, 0.15) is 0 Å². The van der Waals surface area contributed by atoms with Gasteiger partial charge in [-0.3, -0.25) is 9.89 Å². The molecule has 1 saturated heterocycles. The Bertz CT molecular complexity index is 865. The molecule has 0 aliphatic carbocycles. The normalized spacial score (nSPS) is 25.0. The Labute approximate surface area is 156 Å². The lowest BCUT2D eigenvalue weighted by Gasteiger charge is -2.35. The first kappa shape index (κ1) is 17.1. The molecule has 3 heterocycles. The van der Waals surface area contributed by atoms with Gasteiger partial charge in [0.25, 0.3) is 5.91 Å². The predicted molar refractivity (Wildman–Crippen MR) is 104 cm³/mol. The molecule has 2 aliphatic rings. The molecule has 2 aliphatic heterocycles. The van der Waals surface area contributed by atoms with Crippen molar-refractivity contribution in [3.05, 3.63) is 47.0 Å². The zero-order valence-corrected chi connectivity index (χ0v) is 15.5. The number of amides is 1. The van der Waals surface area contributed by atoms with Crippen LogP contribution in [0, 0.1) is 0 Å². The van der Waals surface area contributed by atoms with Crippen LogP contribution in [-0.4, -0.2) is 51.5 Å². The van der Waals surface area contributed by atoms with Crippen molar-refractivity contribution in [2.24, 2.45) is 4.99 Å². The maximum absolute atomic E-state index is 12.4. The third-order valence-corrected chi connectivity index (χ3v) is 5.36. The Morgan fingerprint density at radius 1 is 1.23 bits per heavy atom. The molecule has 1 aromatic carbocycles. The van der Waals surface area contributed by atoms with E-state index in [1.54, 1.807) is 6.20 Å². The van der Waals surface area contributed by atoms with Gasteiger partial charge in [0.2, 0.25) is 0 Å². The van der Waals surface area contributed by atoms with Crippen LogP contribution in [0.1, 0.15) is 19.4 Å². The number of morpholine rings is 1. The summed E-state index contributed by atoms with van der Waals surface area (Å²) in [6.45, 7) is 5.58. The van der Waals surface area contributed by atoms with Crippen molar-refractivity contribution >= 4 is 28.9 Å². The van der Waals surface area contributed by atoms with Gasteiger partial charge in [-0.1, -0.05) is 30.3 Å². The molecular weight excluding hydrogens is 348 g/mol. The van der Waals surface area contributed by atoms with E-state index in [9.17, 15) is 4.79 Å². The number of aromatic nitrogens is 2. The number of ether oxygens (including phenoxy) is 1. The number of carbonyl (C=O) groups is 1. The Kier molecular flexibility index (Phi) is 4.65. The van der Waals surface area contributed by atoms with Gasteiger partial charge >= 0.3 is 0 Å². The first-order valence-electron chi connectivity index (χ1n) is 8.62.